The Labute approximate surface area is 112 Å². The van der Waals surface area contributed by atoms with Gasteiger partial charge in [0, 0.05) is 27.5 Å². The van der Waals surface area contributed by atoms with Crippen LogP contribution in [0.25, 0.3) is 21.3 Å². The molecule has 0 amide bonds. The molecule has 0 N–H and O–H groups in total. The van der Waals surface area contributed by atoms with Gasteiger partial charge in [0.2, 0.25) is 5.28 Å². The molecule has 0 bridgehead atoms. The Morgan fingerprint density at radius 3 is 2.59 bits per heavy atom. The fourth-order valence-electron chi connectivity index (χ4n) is 1.65. The summed E-state index contributed by atoms with van der Waals surface area (Å²) in [5.41, 5.74) is 2.21. The molecule has 2 heterocycles. The number of rotatable bonds is 1. The summed E-state index contributed by atoms with van der Waals surface area (Å²) in [6, 6.07) is 7.71. The molecule has 0 aliphatic rings. The van der Waals surface area contributed by atoms with Gasteiger partial charge in [0.25, 0.3) is 0 Å². The first-order chi connectivity index (χ1) is 8.24. The van der Waals surface area contributed by atoms with Gasteiger partial charge in [-0.25, -0.2) is 9.97 Å². The molecule has 84 valence electrons. The molecule has 17 heavy (non-hydrogen) atoms. The zero-order chi connectivity index (χ0) is 11.8. The van der Waals surface area contributed by atoms with Gasteiger partial charge in [0.05, 0.1) is 0 Å². The van der Waals surface area contributed by atoms with Crippen molar-refractivity contribution in [3.05, 3.63) is 46.1 Å². The van der Waals surface area contributed by atoms with Crippen molar-refractivity contribution < 1.29 is 0 Å². The molecule has 2 aromatic heterocycles. The number of aromatic nitrogens is 2. The third-order valence-electron chi connectivity index (χ3n) is 2.46. The lowest BCUT2D eigenvalue weighted by Crippen LogP contribution is -1.81. The van der Waals surface area contributed by atoms with Crippen LogP contribution in [0.15, 0.2) is 35.8 Å². The molecule has 0 spiro atoms. The molecule has 1 aromatic carbocycles. The van der Waals surface area contributed by atoms with Crippen molar-refractivity contribution in [3.8, 4) is 11.1 Å². The van der Waals surface area contributed by atoms with E-state index in [1.807, 2.05) is 24.3 Å². The van der Waals surface area contributed by atoms with E-state index in [4.69, 9.17) is 23.2 Å². The number of halogens is 2. The molecule has 0 fully saturated rings. The maximum atomic E-state index is 5.87. The van der Waals surface area contributed by atoms with E-state index in [0.717, 1.165) is 26.4 Å². The molecule has 0 atom stereocenters. The van der Waals surface area contributed by atoms with Crippen LogP contribution in [0.4, 0.5) is 0 Å². The van der Waals surface area contributed by atoms with Crippen molar-refractivity contribution in [1.82, 2.24) is 9.97 Å². The van der Waals surface area contributed by atoms with Crippen LogP contribution in [0.3, 0.4) is 0 Å². The Kier molecular flexibility index (Phi) is 2.74. The van der Waals surface area contributed by atoms with Gasteiger partial charge < -0.3 is 0 Å². The van der Waals surface area contributed by atoms with E-state index in [-0.39, 0.29) is 5.28 Å². The Morgan fingerprint density at radius 1 is 1.06 bits per heavy atom. The number of nitrogens with zero attached hydrogens (tertiary/aromatic N) is 2. The van der Waals surface area contributed by atoms with Gasteiger partial charge in [-0.2, -0.15) is 0 Å². The van der Waals surface area contributed by atoms with Crippen LogP contribution < -0.4 is 0 Å². The van der Waals surface area contributed by atoms with Crippen molar-refractivity contribution in [1.29, 1.82) is 0 Å². The molecule has 0 saturated heterocycles. The molecule has 0 aliphatic heterocycles. The Balaban J connectivity index is 2.21. The molecular weight excluding hydrogens is 275 g/mol. The number of thiophene rings is 1. The summed E-state index contributed by atoms with van der Waals surface area (Å²) in [6.07, 6.45) is 1.76. The van der Waals surface area contributed by atoms with Crippen LogP contribution in [0.2, 0.25) is 10.3 Å². The Morgan fingerprint density at radius 2 is 1.82 bits per heavy atom. The lowest BCUT2D eigenvalue weighted by Gasteiger charge is -1.99. The molecule has 0 aliphatic carbocycles. The van der Waals surface area contributed by atoms with Crippen LogP contribution >= 0.6 is 34.5 Å². The second kappa shape index (κ2) is 4.26. The van der Waals surface area contributed by atoms with E-state index in [0.29, 0.717) is 0 Å². The zero-order valence-corrected chi connectivity index (χ0v) is 10.9. The monoisotopic (exact) mass is 280 g/mol. The van der Waals surface area contributed by atoms with E-state index in [1.165, 1.54) is 0 Å². The third kappa shape index (κ3) is 2.02. The maximum Gasteiger partial charge on any atom is 0.223 e. The van der Waals surface area contributed by atoms with Crippen molar-refractivity contribution in [2.75, 3.05) is 0 Å². The molecule has 2 nitrogen and oxygen atoms in total. The summed E-state index contributed by atoms with van der Waals surface area (Å²) in [6.45, 7) is 0. The maximum absolute atomic E-state index is 5.87. The minimum Gasteiger partial charge on any atom is -0.226 e. The molecule has 0 unspecified atom stereocenters. The van der Waals surface area contributed by atoms with E-state index >= 15 is 0 Å². The van der Waals surface area contributed by atoms with Crippen molar-refractivity contribution >= 4 is 44.8 Å². The highest BCUT2D eigenvalue weighted by molar-refractivity contribution is 7.17. The predicted molar refractivity (Wildman–Crippen MR) is 72.9 cm³/mol. The van der Waals surface area contributed by atoms with Crippen LogP contribution in [0.5, 0.6) is 0 Å². The molecular formula is C12H6Cl2N2S. The van der Waals surface area contributed by atoms with Crippen molar-refractivity contribution in [2.45, 2.75) is 0 Å². The smallest absolute Gasteiger partial charge is 0.223 e. The Bertz CT molecular complexity index is 677. The van der Waals surface area contributed by atoms with Crippen LogP contribution in [-0.2, 0) is 0 Å². The van der Waals surface area contributed by atoms with E-state index in [1.54, 1.807) is 17.5 Å². The highest BCUT2D eigenvalue weighted by atomic mass is 35.5. The quantitative estimate of drug-likeness (QED) is 0.606. The summed E-state index contributed by atoms with van der Waals surface area (Å²) in [7, 11) is 0. The first-order valence-corrected chi connectivity index (χ1v) is 6.53. The standard InChI is InChI=1S/C12H6Cl2N2S/c13-8-3-1-7(2-4-8)10-6-17-11-9(10)5-15-12(14)16-11/h1-6H. The van der Waals surface area contributed by atoms with Gasteiger partial charge in [0.15, 0.2) is 0 Å². The third-order valence-corrected chi connectivity index (χ3v) is 3.78. The minimum absolute atomic E-state index is 0.280. The SMILES string of the molecule is Clc1ccc(-c2csc3nc(Cl)ncc23)cc1. The normalized spacial score (nSPS) is 10.9. The van der Waals surface area contributed by atoms with E-state index in [9.17, 15) is 0 Å². The number of benzene rings is 1. The molecule has 0 saturated carbocycles. The number of fused-ring (bicyclic) bond motifs is 1. The summed E-state index contributed by atoms with van der Waals surface area (Å²) in [5.74, 6) is 0. The van der Waals surface area contributed by atoms with Gasteiger partial charge >= 0.3 is 0 Å². The van der Waals surface area contributed by atoms with E-state index < -0.39 is 0 Å². The first-order valence-electron chi connectivity index (χ1n) is 4.90. The van der Waals surface area contributed by atoms with Gasteiger partial charge in [0.1, 0.15) is 4.83 Å². The molecule has 5 heteroatoms. The van der Waals surface area contributed by atoms with E-state index in [2.05, 4.69) is 15.3 Å². The van der Waals surface area contributed by atoms with Gasteiger partial charge in [-0.15, -0.1) is 11.3 Å². The van der Waals surface area contributed by atoms with Gasteiger partial charge in [-0.1, -0.05) is 23.7 Å². The highest BCUT2D eigenvalue weighted by Gasteiger charge is 2.08. The minimum atomic E-state index is 0.280. The largest absolute Gasteiger partial charge is 0.226 e. The van der Waals surface area contributed by atoms with Gasteiger partial charge in [-0.3, -0.25) is 0 Å². The summed E-state index contributed by atoms with van der Waals surface area (Å²) < 4.78 is 0. The second-order valence-electron chi connectivity index (χ2n) is 3.51. The zero-order valence-electron chi connectivity index (χ0n) is 8.52. The van der Waals surface area contributed by atoms with Gasteiger partial charge in [-0.05, 0) is 29.3 Å². The fraction of sp³-hybridized carbons (Fsp3) is 0. The lowest BCUT2D eigenvalue weighted by molar-refractivity contribution is 1.23. The first kappa shape index (κ1) is 11.0. The lowest BCUT2D eigenvalue weighted by atomic mass is 10.1. The highest BCUT2D eigenvalue weighted by Crippen LogP contribution is 2.33. The van der Waals surface area contributed by atoms with Crippen LogP contribution in [-0.4, -0.2) is 9.97 Å². The van der Waals surface area contributed by atoms with Crippen LogP contribution in [0, 0.1) is 0 Å². The summed E-state index contributed by atoms with van der Waals surface area (Å²) in [5, 5.41) is 4.08. The fourth-order valence-corrected chi connectivity index (χ4v) is 2.88. The topological polar surface area (TPSA) is 25.8 Å². The Hall–Kier alpha value is -1.16. The second-order valence-corrected chi connectivity index (χ2v) is 5.15. The van der Waals surface area contributed by atoms with Crippen molar-refractivity contribution in [2.24, 2.45) is 0 Å². The summed E-state index contributed by atoms with van der Waals surface area (Å²) >= 11 is 13.2. The number of hydrogen-bond donors (Lipinski definition) is 0. The average Bonchev–Trinajstić information content (AvgIpc) is 2.73. The average molecular weight is 281 g/mol. The van der Waals surface area contributed by atoms with Crippen molar-refractivity contribution in [3.63, 3.8) is 0 Å². The van der Waals surface area contributed by atoms with Crippen LogP contribution in [0.1, 0.15) is 0 Å². The molecule has 0 radical (unpaired) electrons. The number of hydrogen-bond acceptors (Lipinski definition) is 3. The summed E-state index contributed by atoms with van der Waals surface area (Å²) in [4.78, 5) is 9.10. The predicted octanol–water partition coefficient (Wildman–Crippen LogP) is 4.67. The molecule has 3 rings (SSSR count). The molecule has 3 aromatic rings.